The second kappa shape index (κ2) is 11.5. The fourth-order valence-corrected chi connectivity index (χ4v) is 3.71. The molecule has 5 unspecified atom stereocenters. The van der Waals surface area contributed by atoms with Gasteiger partial charge in [0.15, 0.2) is 30.7 Å². The van der Waals surface area contributed by atoms with Gasteiger partial charge in [-0.15, -0.1) is 0 Å². The number of aliphatic hydroxyl groups excluding tert-OH is 1. The average Bonchev–Trinajstić information content (AvgIpc) is 2.93. The maximum atomic E-state index is 12.9. The standard InChI is InChI=1S/C27H22O10/c28-23(29)21-19(34-24(30)16-10-4-1-5-11-16)20(35-25(31)17-12-6-2-7-13-17)22(27(33)36-21)37-26(32)18-14-8-3-9-15-18/h1-15,19-22,27,33H,(H,28,29). The van der Waals surface area contributed by atoms with Crippen molar-refractivity contribution in [2.75, 3.05) is 0 Å². The number of aliphatic carboxylic acids is 1. The molecule has 1 fully saturated rings. The lowest BCUT2D eigenvalue weighted by atomic mass is 9.97. The number of rotatable bonds is 7. The fourth-order valence-electron chi connectivity index (χ4n) is 3.71. The molecule has 0 spiro atoms. The smallest absolute Gasteiger partial charge is 0.338 e. The topological polar surface area (TPSA) is 146 Å². The largest absolute Gasteiger partial charge is 0.479 e. The zero-order valence-corrected chi connectivity index (χ0v) is 19.2. The quantitative estimate of drug-likeness (QED) is 0.362. The summed E-state index contributed by atoms with van der Waals surface area (Å²) in [6.07, 6.45) is -9.21. The Kier molecular flexibility index (Phi) is 7.92. The molecule has 10 nitrogen and oxygen atoms in total. The minimum Gasteiger partial charge on any atom is -0.479 e. The highest BCUT2D eigenvalue weighted by Gasteiger charge is 2.54. The van der Waals surface area contributed by atoms with E-state index in [1.165, 1.54) is 36.4 Å². The number of benzene rings is 3. The van der Waals surface area contributed by atoms with Crippen LogP contribution in [0.4, 0.5) is 0 Å². The fraction of sp³-hybridized carbons (Fsp3) is 0.185. The Morgan fingerprint density at radius 3 is 1.30 bits per heavy atom. The third-order valence-electron chi connectivity index (χ3n) is 5.51. The summed E-state index contributed by atoms with van der Waals surface area (Å²) in [6.45, 7) is 0. The molecule has 1 aliphatic rings. The summed E-state index contributed by atoms with van der Waals surface area (Å²) >= 11 is 0. The normalized spacial score (nSPS) is 22.9. The number of esters is 3. The first-order valence-electron chi connectivity index (χ1n) is 11.2. The lowest BCUT2D eigenvalue weighted by Gasteiger charge is -2.41. The zero-order valence-electron chi connectivity index (χ0n) is 19.2. The molecule has 1 heterocycles. The van der Waals surface area contributed by atoms with Crippen LogP contribution in [0.15, 0.2) is 91.0 Å². The van der Waals surface area contributed by atoms with Gasteiger partial charge >= 0.3 is 23.9 Å². The van der Waals surface area contributed by atoms with Crippen molar-refractivity contribution in [2.24, 2.45) is 0 Å². The Morgan fingerprint density at radius 2 is 0.919 bits per heavy atom. The van der Waals surface area contributed by atoms with Crippen LogP contribution < -0.4 is 0 Å². The molecule has 0 aromatic heterocycles. The van der Waals surface area contributed by atoms with Crippen molar-refractivity contribution < 1.29 is 48.3 Å². The molecule has 3 aromatic rings. The van der Waals surface area contributed by atoms with Crippen molar-refractivity contribution >= 4 is 23.9 Å². The third kappa shape index (κ3) is 6.00. The van der Waals surface area contributed by atoms with E-state index in [2.05, 4.69) is 0 Å². The van der Waals surface area contributed by atoms with E-state index in [9.17, 15) is 29.4 Å². The lowest BCUT2D eigenvalue weighted by Crippen LogP contribution is -2.63. The highest BCUT2D eigenvalue weighted by molar-refractivity contribution is 5.91. The van der Waals surface area contributed by atoms with E-state index in [1.807, 2.05) is 0 Å². The number of carbonyl (C=O) groups is 4. The Morgan fingerprint density at radius 1 is 0.568 bits per heavy atom. The first kappa shape index (κ1) is 25.5. The maximum Gasteiger partial charge on any atom is 0.338 e. The Balaban J connectivity index is 1.69. The highest BCUT2D eigenvalue weighted by Crippen LogP contribution is 2.30. The minimum absolute atomic E-state index is 0.0868. The first-order valence-corrected chi connectivity index (χ1v) is 11.2. The second-order valence-electron chi connectivity index (χ2n) is 7.99. The lowest BCUT2D eigenvalue weighted by molar-refractivity contribution is -0.277. The zero-order chi connectivity index (χ0) is 26.4. The van der Waals surface area contributed by atoms with Gasteiger partial charge in [-0.1, -0.05) is 54.6 Å². The van der Waals surface area contributed by atoms with E-state index in [-0.39, 0.29) is 16.7 Å². The van der Waals surface area contributed by atoms with E-state index in [0.29, 0.717) is 0 Å². The van der Waals surface area contributed by atoms with Gasteiger partial charge in [0.05, 0.1) is 16.7 Å². The van der Waals surface area contributed by atoms with Crippen LogP contribution in [-0.2, 0) is 23.7 Å². The number of ether oxygens (including phenoxy) is 4. The van der Waals surface area contributed by atoms with Crippen LogP contribution in [0.3, 0.4) is 0 Å². The molecule has 0 aliphatic carbocycles. The van der Waals surface area contributed by atoms with Crippen molar-refractivity contribution in [1.29, 1.82) is 0 Å². The van der Waals surface area contributed by atoms with Crippen molar-refractivity contribution in [3.63, 3.8) is 0 Å². The van der Waals surface area contributed by atoms with Gasteiger partial charge in [-0.3, -0.25) is 0 Å². The molecular formula is C27H22O10. The van der Waals surface area contributed by atoms with E-state index in [0.717, 1.165) is 0 Å². The molecule has 2 N–H and O–H groups in total. The summed E-state index contributed by atoms with van der Waals surface area (Å²) in [5, 5.41) is 20.4. The predicted molar refractivity (Wildman–Crippen MR) is 125 cm³/mol. The van der Waals surface area contributed by atoms with Gasteiger partial charge in [0.25, 0.3) is 0 Å². The molecule has 10 heteroatoms. The van der Waals surface area contributed by atoms with E-state index >= 15 is 0 Å². The maximum absolute atomic E-state index is 12.9. The molecule has 5 atom stereocenters. The number of carboxylic acid groups (broad SMARTS) is 1. The predicted octanol–water partition coefficient (Wildman–Crippen LogP) is 2.46. The molecule has 3 aromatic carbocycles. The van der Waals surface area contributed by atoms with Crippen LogP contribution >= 0.6 is 0 Å². The molecule has 1 aliphatic heterocycles. The number of aliphatic hydroxyl groups is 1. The van der Waals surface area contributed by atoms with Gasteiger partial charge in [-0.05, 0) is 36.4 Å². The number of hydrogen-bond acceptors (Lipinski definition) is 9. The van der Waals surface area contributed by atoms with Crippen LogP contribution in [0, 0.1) is 0 Å². The first-order chi connectivity index (χ1) is 17.8. The Hall–Kier alpha value is -4.54. The minimum atomic E-state index is -2.02. The summed E-state index contributed by atoms with van der Waals surface area (Å²) in [7, 11) is 0. The van der Waals surface area contributed by atoms with Crippen molar-refractivity contribution in [3.05, 3.63) is 108 Å². The second-order valence-corrected chi connectivity index (χ2v) is 7.99. The molecule has 0 saturated carbocycles. The molecule has 37 heavy (non-hydrogen) atoms. The van der Waals surface area contributed by atoms with Gasteiger partial charge in [0.1, 0.15) is 0 Å². The van der Waals surface area contributed by atoms with Gasteiger partial charge in [0, 0.05) is 0 Å². The van der Waals surface area contributed by atoms with E-state index in [4.69, 9.17) is 18.9 Å². The van der Waals surface area contributed by atoms with Crippen LogP contribution in [-0.4, -0.2) is 64.8 Å². The van der Waals surface area contributed by atoms with Crippen LogP contribution in [0.2, 0.25) is 0 Å². The molecule has 1 saturated heterocycles. The number of carboxylic acids is 1. The Labute approximate surface area is 211 Å². The molecular weight excluding hydrogens is 484 g/mol. The van der Waals surface area contributed by atoms with Gasteiger partial charge in [-0.2, -0.15) is 0 Å². The average molecular weight is 506 g/mol. The molecule has 0 radical (unpaired) electrons. The summed E-state index contributed by atoms with van der Waals surface area (Å²) in [5.74, 6) is -4.37. The van der Waals surface area contributed by atoms with E-state index in [1.54, 1.807) is 54.6 Å². The van der Waals surface area contributed by atoms with E-state index < -0.39 is 54.6 Å². The summed E-state index contributed by atoms with van der Waals surface area (Å²) in [5.41, 5.74) is 0.293. The third-order valence-corrected chi connectivity index (χ3v) is 5.51. The summed E-state index contributed by atoms with van der Waals surface area (Å²) in [6, 6.07) is 23.2. The summed E-state index contributed by atoms with van der Waals surface area (Å²) in [4.78, 5) is 50.5. The van der Waals surface area contributed by atoms with Crippen LogP contribution in [0.25, 0.3) is 0 Å². The van der Waals surface area contributed by atoms with Crippen LogP contribution in [0.5, 0.6) is 0 Å². The number of hydrogen-bond donors (Lipinski definition) is 2. The van der Waals surface area contributed by atoms with Gasteiger partial charge < -0.3 is 29.2 Å². The van der Waals surface area contributed by atoms with Crippen molar-refractivity contribution in [2.45, 2.75) is 30.7 Å². The Bertz CT molecular complexity index is 1250. The monoisotopic (exact) mass is 506 g/mol. The molecule has 190 valence electrons. The van der Waals surface area contributed by atoms with Crippen molar-refractivity contribution in [3.8, 4) is 0 Å². The highest BCUT2D eigenvalue weighted by atomic mass is 16.7. The molecule has 0 bridgehead atoms. The van der Waals surface area contributed by atoms with Crippen molar-refractivity contribution in [1.82, 2.24) is 0 Å². The van der Waals surface area contributed by atoms with Gasteiger partial charge in [0.2, 0.25) is 0 Å². The molecule has 0 amide bonds. The van der Waals surface area contributed by atoms with Crippen LogP contribution in [0.1, 0.15) is 31.1 Å². The SMILES string of the molecule is O=C(OC1C(O)OC(C(=O)O)C(OC(=O)c2ccccc2)C1OC(=O)c1ccccc1)c1ccccc1. The number of carbonyl (C=O) groups excluding carboxylic acids is 3. The van der Waals surface area contributed by atoms with Gasteiger partial charge in [-0.25, -0.2) is 19.2 Å². The molecule has 4 rings (SSSR count). The summed E-state index contributed by atoms with van der Waals surface area (Å²) < 4.78 is 21.6.